The number of rotatable bonds is 3. The van der Waals surface area contributed by atoms with E-state index in [2.05, 4.69) is 17.1 Å². The van der Waals surface area contributed by atoms with Crippen LogP contribution in [0.5, 0.6) is 0 Å². The summed E-state index contributed by atoms with van der Waals surface area (Å²) >= 11 is 5.90. The van der Waals surface area contributed by atoms with E-state index >= 15 is 0 Å². The van der Waals surface area contributed by atoms with Gasteiger partial charge in [0.25, 0.3) is 0 Å². The van der Waals surface area contributed by atoms with Crippen LogP contribution in [0.15, 0.2) is 48.7 Å². The van der Waals surface area contributed by atoms with Gasteiger partial charge in [0, 0.05) is 11.2 Å². The Morgan fingerprint density at radius 3 is 2.62 bits per heavy atom. The zero-order valence-electron chi connectivity index (χ0n) is 8.81. The molecule has 0 radical (unpaired) electrons. The van der Waals surface area contributed by atoms with Gasteiger partial charge >= 0.3 is 0 Å². The lowest BCUT2D eigenvalue weighted by Crippen LogP contribution is -2.14. The zero-order valence-corrected chi connectivity index (χ0v) is 9.56. The van der Waals surface area contributed by atoms with Crippen molar-refractivity contribution in [3.8, 4) is 0 Å². The van der Waals surface area contributed by atoms with Crippen LogP contribution in [-0.2, 0) is 6.42 Å². The van der Waals surface area contributed by atoms with Crippen LogP contribution in [0.25, 0.3) is 0 Å². The van der Waals surface area contributed by atoms with E-state index < -0.39 is 0 Å². The number of hydrogen-bond donors (Lipinski definition) is 1. The standard InChI is InChI=1S/C13H13ClN2/c14-11-6-7-16-13(9-11)12(15)8-10-4-2-1-3-5-10/h1-7,9,12H,8,15H2. The minimum absolute atomic E-state index is 0.110. The van der Waals surface area contributed by atoms with Crippen molar-refractivity contribution < 1.29 is 0 Å². The molecular weight excluding hydrogens is 220 g/mol. The summed E-state index contributed by atoms with van der Waals surface area (Å²) in [6.07, 6.45) is 2.46. The maximum atomic E-state index is 6.07. The molecule has 1 heterocycles. The van der Waals surface area contributed by atoms with Gasteiger partial charge < -0.3 is 5.73 Å². The first-order valence-electron chi connectivity index (χ1n) is 5.16. The largest absolute Gasteiger partial charge is 0.322 e. The third-order valence-electron chi connectivity index (χ3n) is 2.42. The van der Waals surface area contributed by atoms with Gasteiger partial charge in [0.15, 0.2) is 0 Å². The van der Waals surface area contributed by atoms with Gasteiger partial charge in [-0.1, -0.05) is 41.9 Å². The van der Waals surface area contributed by atoms with E-state index in [1.54, 1.807) is 12.3 Å². The van der Waals surface area contributed by atoms with Gasteiger partial charge in [0.1, 0.15) is 0 Å². The van der Waals surface area contributed by atoms with Crippen LogP contribution in [0, 0.1) is 0 Å². The summed E-state index contributed by atoms with van der Waals surface area (Å²) in [5, 5.41) is 0.675. The smallest absolute Gasteiger partial charge is 0.0589 e. The Morgan fingerprint density at radius 1 is 1.19 bits per heavy atom. The van der Waals surface area contributed by atoms with Crippen molar-refractivity contribution in [2.45, 2.75) is 12.5 Å². The fourth-order valence-electron chi connectivity index (χ4n) is 1.60. The predicted octanol–water partition coefficient (Wildman–Crippen LogP) is 2.98. The van der Waals surface area contributed by atoms with E-state index in [0.717, 1.165) is 12.1 Å². The van der Waals surface area contributed by atoms with Gasteiger partial charge in [-0.3, -0.25) is 4.98 Å². The van der Waals surface area contributed by atoms with Crippen molar-refractivity contribution >= 4 is 11.6 Å². The van der Waals surface area contributed by atoms with Crippen molar-refractivity contribution in [1.29, 1.82) is 0 Å². The molecule has 2 N–H and O–H groups in total. The molecule has 0 saturated carbocycles. The summed E-state index contributed by atoms with van der Waals surface area (Å²) < 4.78 is 0. The number of pyridine rings is 1. The molecule has 82 valence electrons. The zero-order chi connectivity index (χ0) is 11.4. The minimum Gasteiger partial charge on any atom is -0.322 e. The van der Waals surface area contributed by atoms with Crippen LogP contribution in [0.1, 0.15) is 17.3 Å². The molecule has 0 fully saturated rings. The highest BCUT2D eigenvalue weighted by Crippen LogP contribution is 2.17. The number of nitrogens with two attached hydrogens (primary N) is 1. The normalized spacial score (nSPS) is 12.4. The number of aromatic nitrogens is 1. The summed E-state index contributed by atoms with van der Waals surface area (Å²) in [6, 6.07) is 13.6. The first kappa shape index (κ1) is 11.1. The van der Waals surface area contributed by atoms with Crippen molar-refractivity contribution in [2.75, 3.05) is 0 Å². The summed E-state index contributed by atoms with van der Waals surface area (Å²) in [5.41, 5.74) is 8.11. The van der Waals surface area contributed by atoms with Gasteiger partial charge in [-0.05, 0) is 24.1 Å². The van der Waals surface area contributed by atoms with Crippen molar-refractivity contribution in [3.63, 3.8) is 0 Å². The number of hydrogen-bond acceptors (Lipinski definition) is 2. The second-order valence-electron chi connectivity index (χ2n) is 3.70. The fraction of sp³-hybridized carbons (Fsp3) is 0.154. The Kier molecular flexibility index (Phi) is 3.54. The van der Waals surface area contributed by atoms with Crippen LogP contribution < -0.4 is 5.73 Å². The lowest BCUT2D eigenvalue weighted by atomic mass is 10.0. The molecule has 0 spiro atoms. The lowest BCUT2D eigenvalue weighted by Gasteiger charge is -2.11. The molecule has 1 unspecified atom stereocenters. The number of benzene rings is 1. The molecular formula is C13H13ClN2. The number of nitrogens with zero attached hydrogens (tertiary/aromatic N) is 1. The lowest BCUT2D eigenvalue weighted by molar-refractivity contribution is 0.696. The molecule has 1 atom stereocenters. The highest BCUT2D eigenvalue weighted by molar-refractivity contribution is 6.30. The monoisotopic (exact) mass is 232 g/mol. The van der Waals surface area contributed by atoms with E-state index in [1.807, 2.05) is 24.3 Å². The second kappa shape index (κ2) is 5.10. The van der Waals surface area contributed by atoms with E-state index in [0.29, 0.717) is 5.02 Å². The van der Waals surface area contributed by atoms with Gasteiger partial charge in [0.05, 0.1) is 11.7 Å². The summed E-state index contributed by atoms with van der Waals surface area (Å²) in [4.78, 5) is 4.23. The second-order valence-corrected chi connectivity index (χ2v) is 4.13. The molecule has 16 heavy (non-hydrogen) atoms. The van der Waals surface area contributed by atoms with Crippen molar-refractivity contribution in [2.24, 2.45) is 5.73 Å². The summed E-state index contributed by atoms with van der Waals surface area (Å²) in [6.45, 7) is 0. The van der Waals surface area contributed by atoms with Crippen LogP contribution in [0.4, 0.5) is 0 Å². The van der Waals surface area contributed by atoms with E-state index in [-0.39, 0.29) is 6.04 Å². The van der Waals surface area contributed by atoms with E-state index in [9.17, 15) is 0 Å². The molecule has 0 aliphatic carbocycles. The molecule has 0 bridgehead atoms. The Hall–Kier alpha value is -1.38. The topological polar surface area (TPSA) is 38.9 Å². The van der Waals surface area contributed by atoms with Crippen molar-refractivity contribution in [1.82, 2.24) is 4.98 Å². The first-order valence-corrected chi connectivity index (χ1v) is 5.54. The van der Waals surface area contributed by atoms with Crippen LogP contribution in [0.2, 0.25) is 5.02 Å². The Labute approximate surface area is 100 Å². The summed E-state index contributed by atoms with van der Waals surface area (Å²) in [7, 11) is 0. The average molecular weight is 233 g/mol. The Balaban J connectivity index is 2.12. The maximum absolute atomic E-state index is 6.07. The Morgan fingerprint density at radius 2 is 1.94 bits per heavy atom. The highest BCUT2D eigenvalue weighted by Gasteiger charge is 2.08. The molecule has 0 aliphatic heterocycles. The molecule has 2 aromatic rings. The molecule has 0 amide bonds. The summed E-state index contributed by atoms with van der Waals surface area (Å²) in [5.74, 6) is 0. The van der Waals surface area contributed by atoms with Crippen LogP contribution in [0.3, 0.4) is 0 Å². The SMILES string of the molecule is NC(Cc1ccccc1)c1cc(Cl)ccn1. The van der Waals surface area contributed by atoms with Gasteiger partial charge in [0.2, 0.25) is 0 Å². The van der Waals surface area contributed by atoms with Gasteiger partial charge in [-0.15, -0.1) is 0 Å². The predicted molar refractivity (Wildman–Crippen MR) is 66.3 cm³/mol. The quantitative estimate of drug-likeness (QED) is 0.884. The molecule has 0 saturated heterocycles. The molecule has 1 aromatic heterocycles. The van der Waals surface area contributed by atoms with E-state index in [1.165, 1.54) is 5.56 Å². The minimum atomic E-state index is -0.110. The van der Waals surface area contributed by atoms with Gasteiger partial charge in [-0.2, -0.15) is 0 Å². The molecule has 0 aliphatic rings. The van der Waals surface area contributed by atoms with E-state index in [4.69, 9.17) is 17.3 Å². The van der Waals surface area contributed by atoms with Crippen LogP contribution in [-0.4, -0.2) is 4.98 Å². The molecule has 1 aromatic carbocycles. The van der Waals surface area contributed by atoms with Crippen molar-refractivity contribution in [3.05, 3.63) is 64.9 Å². The number of halogens is 1. The maximum Gasteiger partial charge on any atom is 0.0589 e. The third kappa shape index (κ3) is 2.81. The molecule has 3 heteroatoms. The molecule has 2 nitrogen and oxygen atoms in total. The first-order chi connectivity index (χ1) is 7.75. The van der Waals surface area contributed by atoms with Crippen LogP contribution >= 0.6 is 11.6 Å². The fourth-order valence-corrected chi connectivity index (χ4v) is 1.76. The van der Waals surface area contributed by atoms with Gasteiger partial charge in [-0.25, -0.2) is 0 Å². The third-order valence-corrected chi connectivity index (χ3v) is 2.66. The highest BCUT2D eigenvalue weighted by atomic mass is 35.5. The average Bonchev–Trinajstić information content (AvgIpc) is 2.30. The molecule has 2 rings (SSSR count). The Bertz CT molecular complexity index is 456.